The average Bonchev–Trinajstić information content (AvgIpc) is 3.27. The minimum Gasteiger partial charge on any atom is -0.481 e. The first-order valence-electron chi connectivity index (χ1n) is 8.81. The quantitative estimate of drug-likeness (QED) is 0.765. The van der Waals surface area contributed by atoms with Gasteiger partial charge in [-0.3, -0.25) is 14.4 Å². The van der Waals surface area contributed by atoms with Crippen molar-refractivity contribution in [1.82, 2.24) is 10.2 Å². The Labute approximate surface area is 161 Å². The van der Waals surface area contributed by atoms with Gasteiger partial charge in [0, 0.05) is 24.9 Å². The normalized spacial score (nSPS) is 20.5. The summed E-state index contributed by atoms with van der Waals surface area (Å²) in [5, 5.41) is 14.2. The van der Waals surface area contributed by atoms with Gasteiger partial charge in [-0.2, -0.15) is 0 Å². The number of amides is 2. The van der Waals surface area contributed by atoms with E-state index in [0.717, 1.165) is 10.4 Å². The van der Waals surface area contributed by atoms with E-state index in [1.807, 2.05) is 47.8 Å². The van der Waals surface area contributed by atoms with Crippen LogP contribution < -0.4 is 5.32 Å². The van der Waals surface area contributed by atoms with E-state index in [9.17, 15) is 19.5 Å². The van der Waals surface area contributed by atoms with Crippen molar-refractivity contribution in [2.75, 3.05) is 13.6 Å². The van der Waals surface area contributed by atoms with Gasteiger partial charge in [0.05, 0.1) is 17.9 Å². The molecule has 27 heavy (non-hydrogen) atoms. The second-order valence-corrected chi connectivity index (χ2v) is 7.72. The zero-order valence-electron chi connectivity index (χ0n) is 15.0. The Morgan fingerprint density at radius 1 is 1.26 bits per heavy atom. The standard InChI is InChI=1S/C20H22N2O4S/c1-22-17(23)11-15(18(22)16-8-5-9-27-16)19(24)21-12-14(20(25)26)10-13-6-3-2-4-7-13/h2-9,14-15,18H,10-12H2,1H3,(H,21,24)(H,25,26). The summed E-state index contributed by atoms with van der Waals surface area (Å²) in [6.45, 7) is 0.0363. The van der Waals surface area contributed by atoms with Crippen LogP contribution >= 0.6 is 11.3 Å². The Bertz CT molecular complexity index is 807. The van der Waals surface area contributed by atoms with Gasteiger partial charge in [0.25, 0.3) is 0 Å². The van der Waals surface area contributed by atoms with Crippen molar-refractivity contribution in [3.05, 3.63) is 58.3 Å². The zero-order valence-corrected chi connectivity index (χ0v) is 15.8. The predicted octanol–water partition coefficient (Wildman–Crippen LogP) is 2.33. The highest BCUT2D eigenvalue weighted by molar-refractivity contribution is 7.10. The summed E-state index contributed by atoms with van der Waals surface area (Å²) in [6, 6.07) is 12.8. The number of carbonyl (C=O) groups excluding carboxylic acids is 2. The SMILES string of the molecule is CN1C(=O)CC(C(=O)NCC(Cc2ccccc2)C(=O)O)C1c1cccs1. The van der Waals surface area contributed by atoms with Gasteiger partial charge in [-0.15, -0.1) is 11.3 Å². The fourth-order valence-corrected chi connectivity index (χ4v) is 4.39. The third-order valence-corrected chi connectivity index (χ3v) is 5.90. The number of nitrogens with one attached hydrogen (secondary N) is 1. The van der Waals surface area contributed by atoms with E-state index < -0.39 is 17.8 Å². The van der Waals surface area contributed by atoms with E-state index in [0.29, 0.717) is 6.42 Å². The molecule has 7 heteroatoms. The van der Waals surface area contributed by atoms with Crippen molar-refractivity contribution in [2.24, 2.45) is 11.8 Å². The van der Waals surface area contributed by atoms with Crippen LogP contribution in [0.4, 0.5) is 0 Å². The third-order valence-electron chi connectivity index (χ3n) is 4.95. The lowest BCUT2D eigenvalue weighted by atomic mass is 9.96. The zero-order chi connectivity index (χ0) is 19.4. The molecule has 2 amide bonds. The summed E-state index contributed by atoms with van der Waals surface area (Å²) in [5.41, 5.74) is 0.909. The first kappa shape index (κ1) is 19.1. The van der Waals surface area contributed by atoms with Crippen molar-refractivity contribution in [2.45, 2.75) is 18.9 Å². The summed E-state index contributed by atoms with van der Waals surface area (Å²) < 4.78 is 0. The minimum atomic E-state index is -0.950. The van der Waals surface area contributed by atoms with Crippen LogP contribution in [0.1, 0.15) is 22.9 Å². The van der Waals surface area contributed by atoms with Gasteiger partial charge < -0.3 is 15.3 Å². The molecule has 142 valence electrons. The monoisotopic (exact) mass is 386 g/mol. The number of thiophene rings is 1. The molecule has 1 aliphatic rings. The van der Waals surface area contributed by atoms with Crippen LogP contribution in [0, 0.1) is 11.8 Å². The smallest absolute Gasteiger partial charge is 0.308 e. The van der Waals surface area contributed by atoms with Crippen LogP contribution in [-0.2, 0) is 20.8 Å². The fourth-order valence-electron chi connectivity index (χ4n) is 3.45. The molecule has 3 rings (SSSR count). The van der Waals surface area contributed by atoms with Crippen LogP contribution in [0.15, 0.2) is 47.8 Å². The number of carbonyl (C=O) groups is 3. The summed E-state index contributed by atoms with van der Waals surface area (Å²) in [6.07, 6.45) is 0.482. The largest absolute Gasteiger partial charge is 0.481 e. The Morgan fingerprint density at radius 3 is 2.63 bits per heavy atom. The number of carboxylic acids is 1. The number of likely N-dealkylation sites (tertiary alicyclic amines) is 1. The van der Waals surface area contributed by atoms with E-state index in [4.69, 9.17) is 0 Å². The van der Waals surface area contributed by atoms with Crippen molar-refractivity contribution in [3.8, 4) is 0 Å². The van der Waals surface area contributed by atoms with E-state index in [-0.39, 0.29) is 30.8 Å². The van der Waals surface area contributed by atoms with Gasteiger partial charge in [-0.05, 0) is 23.4 Å². The van der Waals surface area contributed by atoms with Crippen molar-refractivity contribution < 1.29 is 19.5 Å². The molecule has 3 unspecified atom stereocenters. The summed E-state index contributed by atoms with van der Waals surface area (Å²) in [7, 11) is 1.70. The van der Waals surface area contributed by atoms with Gasteiger partial charge in [0.1, 0.15) is 0 Å². The molecule has 1 aromatic heterocycles. The molecule has 1 aromatic carbocycles. The highest BCUT2D eigenvalue weighted by atomic mass is 32.1. The molecular weight excluding hydrogens is 364 g/mol. The first-order valence-corrected chi connectivity index (χ1v) is 9.69. The Kier molecular flexibility index (Phi) is 5.91. The molecule has 6 nitrogen and oxygen atoms in total. The summed E-state index contributed by atoms with van der Waals surface area (Å²) >= 11 is 1.51. The molecule has 0 spiro atoms. The second-order valence-electron chi connectivity index (χ2n) is 6.75. The number of benzene rings is 1. The number of hydrogen-bond donors (Lipinski definition) is 2. The average molecular weight is 386 g/mol. The van der Waals surface area contributed by atoms with Crippen LogP contribution in [0.5, 0.6) is 0 Å². The highest BCUT2D eigenvalue weighted by Gasteiger charge is 2.43. The third kappa shape index (κ3) is 4.36. The predicted molar refractivity (Wildman–Crippen MR) is 102 cm³/mol. The van der Waals surface area contributed by atoms with Gasteiger partial charge in [-0.1, -0.05) is 36.4 Å². The summed E-state index contributed by atoms with van der Waals surface area (Å²) in [4.78, 5) is 39.0. The number of rotatable bonds is 7. The van der Waals surface area contributed by atoms with Crippen molar-refractivity contribution in [1.29, 1.82) is 0 Å². The lowest BCUT2D eigenvalue weighted by Gasteiger charge is -2.24. The van der Waals surface area contributed by atoms with Gasteiger partial charge in [-0.25, -0.2) is 0 Å². The molecule has 2 heterocycles. The van der Waals surface area contributed by atoms with Gasteiger partial charge in [0.15, 0.2) is 0 Å². The van der Waals surface area contributed by atoms with Crippen molar-refractivity contribution >= 4 is 29.1 Å². The molecule has 1 fully saturated rings. The van der Waals surface area contributed by atoms with E-state index in [1.165, 1.54) is 11.3 Å². The Morgan fingerprint density at radius 2 is 2.00 bits per heavy atom. The van der Waals surface area contributed by atoms with Crippen LogP contribution in [0.25, 0.3) is 0 Å². The van der Waals surface area contributed by atoms with Gasteiger partial charge in [0.2, 0.25) is 11.8 Å². The summed E-state index contributed by atoms with van der Waals surface area (Å²) in [5.74, 6) is -2.52. The highest BCUT2D eigenvalue weighted by Crippen LogP contribution is 2.39. The molecular formula is C20H22N2O4S. The number of nitrogens with zero attached hydrogens (tertiary/aromatic N) is 1. The van der Waals surface area contributed by atoms with E-state index >= 15 is 0 Å². The number of aliphatic carboxylic acids is 1. The molecule has 0 bridgehead atoms. The van der Waals surface area contributed by atoms with Crippen LogP contribution in [0.3, 0.4) is 0 Å². The molecule has 1 saturated heterocycles. The molecule has 0 radical (unpaired) electrons. The fraction of sp³-hybridized carbons (Fsp3) is 0.350. The second kappa shape index (κ2) is 8.35. The molecule has 0 saturated carbocycles. The molecule has 0 aliphatic carbocycles. The van der Waals surface area contributed by atoms with E-state index in [1.54, 1.807) is 11.9 Å². The molecule has 3 atom stereocenters. The Balaban J connectivity index is 1.66. The lowest BCUT2D eigenvalue weighted by molar-refractivity contribution is -0.141. The topological polar surface area (TPSA) is 86.7 Å². The number of hydrogen-bond acceptors (Lipinski definition) is 4. The van der Waals surface area contributed by atoms with E-state index in [2.05, 4.69) is 5.32 Å². The molecule has 2 aromatic rings. The minimum absolute atomic E-state index is 0.0363. The van der Waals surface area contributed by atoms with Crippen LogP contribution in [-0.4, -0.2) is 41.4 Å². The van der Waals surface area contributed by atoms with Crippen molar-refractivity contribution in [3.63, 3.8) is 0 Å². The molecule has 2 N–H and O–H groups in total. The maximum absolute atomic E-state index is 12.7. The first-order chi connectivity index (χ1) is 13.0. The maximum Gasteiger partial charge on any atom is 0.308 e. The lowest BCUT2D eigenvalue weighted by Crippen LogP contribution is -2.39. The number of carboxylic acid groups (broad SMARTS) is 1. The van der Waals surface area contributed by atoms with Crippen LogP contribution in [0.2, 0.25) is 0 Å². The Hall–Kier alpha value is -2.67. The maximum atomic E-state index is 12.7. The molecule has 1 aliphatic heterocycles. The van der Waals surface area contributed by atoms with Gasteiger partial charge >= 0.3 is 5.97 Å².